The maximum atomic E-state index is 13.0. The molecule has 0 unspecified atom stereocenters. The highest BCUT2D eigenvalue weighted by atomic mass is 35.5. The SMILES string of the molecule is COc1cc(OC)c(NC(=O)CSc2nc3[nH]ncc3c(=O)n2-c2ccccc2)cc1Cl. The molecule has 0 bridgehead atoms. The lowest BCUT2D eigenvalue weighted by Crippen LogP contribution is -2.22. The Morgan fingerprint density at radius 1 is 1.19 bits per heavy atom. The molecule has 2 aromatic carbocycles. The first-order chi connectivity index (χ1) is 15.5. The molecule has 0 atom stereocenters. The van der Waals surface area contributed by atoms with Crippen molar-refractivity contribution < 1.29 is 14.3 Å². The number of aromatic nitrogens is 4. The van der Waals surface area contributed by atoms with Crippen LogP contribution in [0.3, 0.4) is 0 Å². The van der Waals surface area contributed by atoms with Crippen LogP contribution in [0.1, 0.15) is 0 Å². The summed E-state index contributed by atoms with van der Waals surface area (Å²) in [5, 5.41) is 10.4. The van der Waals surface area contributed by atoms with Crippen LogP contribution in [-0.4, -0.2) is 45.6 Å². The van der Waals surface area contributed by atoms with Gasteiger partial charge < -0.3 is 14.8 Å². The summed E-state index contributed by atoms with van der Waals surface area (Å²) in [6, 6.07) is 12.2. The standard InChI is InChI=1S/C21H18ClN5O4S/c1-30-16-9-17(31-2)15(8-14(16)22)24-18(28)11-32-21-25-19-13(10-23-26-19)20(29)27(21)12-6-4-3-5-7-12/h3-10H,11H2,1-2H3,(H,23,26)(H,24,28). The quantitative estimate of drug-likeness (QED) is 0.313. The molecule has 32 heavy (non-hydrogen) atoms. The molecule has 0 saturated heterocycles. The van der Waals surface area contributed by atoms with Gasteiger partial charge in [0.15, 0.2) is 10.8 Å². The number of aromatic amines is 1. The number of benzene rings is 2. The Bertz CT molecular complexity index is 1340. The van der Waals surface area contributed by atoms with E-state index in [4.69, 9.17) is 21.1 Å². The number of thioether (sulfide) groups is 1. The molecule has 0 spiro atoms. The van der Waals surface area contributed by atoms with Crippen LogP contribution < -0.4 is 20.3 Å². The van der Waals surface area contributed by atoms with Gasteiger partial charge in [-0.1, -0.05) is 41.6 Å². The zero-order valence-corrected chi connectivity index (χ0v) is 18.7. The zero-order valence-electron chi connectivity index (χ0n) is 17.1. The maximum absolute atomic E-state index is 13.0. The molecule has 164 valence electrons. The Labute approximate surface area is 191 Å². The van der Waals surface area contributed by atoms with Crippen molar-refractivity contribution in [1.29, 1.82) is 0 Å². The van der Waals surface area contributed by atoms with Gasteiger partial charge in [-0.2, -0.15) is 5.10 Å². The summed E-state index contributed by atoms with van der Waals surface area (Å²) in [7, 11) is 2.97. The molecule has 0 aliphatic heterocycles. The number of amides is 1. The molecule has 0 saturated carbocycles. The van der Waals surface area contributed by atoms with Gasteiger partial charge in [0.05, 0.1) is 42.6 Å². The van der Waals surface area contributed by atoms with Gasteiger partial charge in [-0.3, -0.25) is 19.3 Å². The Balaban J connectivity index is 1.60. The topological polar surface area (TPSA) is 111 Å². The summed E-state index contributed by atoms with van der Waals surface area (Å²) >= 11 is 7.29. The lowest BCUT2D eigenvalue weighted by Gasteiger charge is -2.14. The average molecular weight is 472 g/mol. The zero-order chi connectivity index (χ0) is 22.7. The summed E-state index contributed by atoms with van der Waals surface area (Å²) in [4.78, 5) is 30.2. The number of hydrogen-bond donors (Lipinski definition) is 2. The van der Waals surface area contributed by atoms with Crippen LogP contribution in [0.4, 0.5) is 5.69 Å². The highest BCUT2D eigenvalue weighted by molar-refractivity contribution is 7.99. The van der Waals surface area contributed by atoms with E-state index in [1.165, 1.54) is 25.0 Å². The van der Waals surface area contributed by atoms with E-state index in [1.807, 2.05) is 18.2 Å². The number of methoxy groups -OCH3 is 2. The minimum absolute atomic E-state index is 0.00821. The van der Waals surface area contributed by atoms with E-state index in [1.54, 1.807) is 24.3 Å². The number of fused-ring (bicyclic) bond motifs is 1. The largest absolute Gasteiger partial charge is 0.495 e. The Morgan fingerprint density at radius 3 is 2.66 bits per heavy atom. The number of H-pyrrole nitrogens is 1. The molecule has 0 fully saturated rings. The molecule has 2 N–H and O–H groups in total. The molecule has 11 heteroatoms. The molecule has 4 aromatic rings. The summed E-state index contributed by atoms with van der Waals surface area (Å²) in [5.74, 6) is 0.502. The predicted molar refractivity (Wildman–Crippen MR) is 123 cm³/mol. The predicted octanol–water partition coefficient (Wildman–Crippen LogP) is 3.51. The minimum atomic E-state index is -0.326. The van der Waals surface area contributed by atoms with Crippen LogP contribution in [0.5, 0.6) is 11.5 Å². The molecule has 2 heterocycles. The third-order valence-electron chi connectivity index (χ3n) is 4.55. The van der Waals surface area contributed by atoms with E-state index in [2.05, 4.69) is 20.5 Å². The molecule has 1 amide bonds. The van der Waals surface area contributed by atoms with Gasteiger partial charge in [0.25, 0.3) is 5.56 Å². The third-order valence-corrected chi connectivity index (χ3v) is 5.78. The van der Waals surface area contributed by atoms with E-state index in [-0.39, 0.29) is 17.2 Å². The van der Waals surface area contributed by atoms with Crippen molar-refractivity contribution in [2.75, 3.05) is 25.3 Å². The van der Waals surface area contributed by atoms with Crippen LogP contribution >= 0.6 is 23.4 Å². The van der Waals surface area contributed by atoms with Crippen LogP contribution in [-0.2, 0) is 4.79 Å². The Kier molecular flexibility index (Phi) is 6.33. The van der Waals surface area contributed by atoms with Crippen molar-refractivity contribution in [3.63, 3.8) is 0 Å². The second kappa shape index (κ2) is 9.33. The normalized spacial score (nSPS) is 10.8. The number of hydrogen-bond acceptors (Lipinski definition) is 7. The second-order valence-electron chi connectivity index (χ2n) is 6.53. The number of halogens is 1. The fourth-order valence-electron chi connectivity index (χ4n) is 3.05. The van der Waals surface area contributed by atoms with Crippen molar-refractivity contribution in [3.8, 4) is 17.2 Å². The van der Waals surface area contributed by atoms with Gasteiger partial charge in [0.1, 0.15) is 16.9 Å². The van der Waals surface area contributed by atoms with Crippen LogP contribution in [0.15, 0.2) is 58.6 Å². The number of carbonyl (C=O) groups excluding carboxylic acids is 1. The summed E-state index contributed by atoms with van der Waals surface area (Å²) < 4.78 is 11.9. The van der Waals surface area contributed by atoms with Crippen LogP contribution in [0, 0.1) is 0 Å². The first-order valence-corrected chi connectivity index (χ1v) is 10.7. The number of rotatable bonds is 7. The first kappa shape index (κ1) is 21.7. The number of nitrogens with one attached hydrogen (secondary N) is 2. The number of carbonyl (C=O) groups is 1. The number of ether oxygens (including phenoxy) is 2. The maximum Gasteiger partial charge on any atom is 0.269 e. The summed E-state index contributed by atoms with van der Waals surface area (Å²) in [6.45, 7) is 0. The van der Waals surface area contributed by atoms with E-state index in [9.17, 15) is 9.59 Å². The summed E-state index contributed by atoms with van der Waals surface area (Å²) in [5.41, 5.74) is 1.12. The molecule has 2 aromatic heterocycles. The molecule has 4 rings (SSSR count). The lowest BCUT2D eigenvalue weighted by molar-refractivity contribution is -0.113. The molecule has 9 nitrogen and oxygen atoms in total. The van der Waals surface area contributed by atoms with E-state index >= 15 is 0 Å². The van der Waals surface area contributed by atoms with Gasteiger partial charge in [-0.15, -0.1) is 0 Å². The Morgan fingerprint density at radius 2 is 1.94 bits per heavy atom. The number of nitrogens with zero attached hydrogens (tertiary/aromatic N) is 3. The van der Waals surface area contributed by atoms with Crippen molar-refractivity contribution in [2.45, 2.75) is 5.16 Å². The molecule has 0 aliphatic rings. The molecule has 0 aliphatic carbocycles. The fraction of sp³-hybridized carbons (Fsp3) is 0.143. The third kappa shape index (κ3) is 4.27. The highest BCUT2D eigenvalue weighted by Crippen LogP contribution is 2.36. The molecular weight excluding hydrogens is 454 g/mol. The van der Waals surface area contributed by atoms with Crippen molar-refractivity contribution in [2.24, 2.45) is 0 Å². The monoisotopic (exact) mass is 471 g/mol. The fourth-order valence-corrected chi connectivity index (χ4v) is 4.10. The van der Waals surface area contributed by atoms with E-state index in [0.29, 0.717) is 44.1 Å². The number of anilines is 1. The second-order valence-corrected chi connectivity index (χ2v) is 7.88. The van der Waals surface area contributed by atoms with E-state index < -0.39 is 0 Å². The van der Waals surface area contributed by atoms with Gasteiger partial charge in [0.2, 0.25) is 5.91 Å². The smallest absolute Gasteiger partial charge is 0.269 e. The van der Waals surface area contributed by atoms with Gasteiger partial charge in [-0.05, 0) is 18.2 Å². The van der Waals surface area contributed by atoms with Crippen molar-refractivity contribution >= 4 is 46.0 Å². The minimum Gasteiger partial charge on any atom is -0.495 e. The first-order valence-electron chi connectivity index (χ1n) is 9.37. The van der Waals surface area contributed by atoms with Crippen molar-refractivity contribution in [3.05, 3.63) is 64.0 Å². The van der Waals surface area contributed by atoms with Crippen LogP contribution in [0.25, 0.3) is 16.7 Å². The highest BCUT2D eigenvalue weighted by Gasteiger charge is 2.17. The molecule has 0 radical (unpaired) electrons. The van der Waals surface area contributed by atoms with Gasteiger partial charge in [-0.25, -0.2) is 4.98 Å². The summed E-state index contributed by atoms with van der Waals surface area (Å²) in [6.07, 6.45) is 1.44. The average Bonchev–Trinajstić information content (AvgIpc) is 3.27. The van der Waals surface area contributed by atoms with Crippen LogP contribution in [0.2, 0.25) is 5.02 Å². The molecular formula is C21H18ClN5O4S. The van der Waals surface area contributed by atoms with E-state index in [0.717, 1.165) is 11.8 Å². The van der Waals surface area contributed by atoms with Crippen molar-refractivity contribution in [1.82, 2.24) is 19.7 Å². The van der Waals surface area contributed by atoms with Gasteiger partial charge in [0, 0.05) is 6.07 Å². The Hall–Kier alpha value is -3.50. The van der Waals surface area contributed by atoms with Gasteiger partial charge >= 0.3 is 0 Å². The number of para-hydroxylation sites is 1. The lowest BCUT2D eigenvalue weighted by atomic mass is 10.2.